The van der Waals surface area contributed by atoms with E-state index in [0.29, 0.717) is 6.20 Å². The number of alkyl halides is 3. The molecule has 0 atom stereocenters. The number of fused-ring (bicyclic) bond motifs is 1. The van der Waals surface area contributed by atoms with E-state index >= 15 is 0 Å². The summed E-state index contributed by atoms with van der Waals surface area (Å²) in [5.41, 5.74) is -1.15. The Morgan fingerprint density at radius 2 is 2.00 bits per heavy atom. The number of aromatic nitrogens is 3. The molecule has 1 N–H and O–H groups in total. The van der Waals surface area contributed by atoms with Crippen molar-refractivity contribution < 1.29 is 30.6 Å². The predicted molar refractivity (Wildman–Crippen MR) is 79.2 cm³/mol. The van der Waals surface area contributed by atoms with Gasteiger partial charge in [-0.2, -0.15) is 21.6 Å². The lowest BCUT2D eigenvalue weighted by Crippen LogP contribution is -2.05. The molecule has 0 saturated heterocycles. The molecule has 0 unspecified atom stereocenters. The van der Waals surface area contributed by atoms with Gasteiger partial charge in [-0.05, 0) is 18.6 Å². The van der Waals surface area contributed by atoms with Crippen molar-refractivity contribution in [1.82, 2.24) is 15.0 Å². The van der Waals surface area contributed by atoms with Gasteiger partial charge in [0, 0.05) is 18.0 Å². The predicted octanol–water partition coefficient (Wildman–Crippen LogP) is 3.11. The Hall–Kier alpha value is -2.53. The molecule has 3 aromatic rings. The third kappa shape index (κ3) is 3.20. The molecule has 0 spiro atoms. The minimum atomic E-state index is -4.59. The fourth-order valence-electron chi connectivity index (χ4n) is 2.32. The number of nitrogens with zero attached hydrogens (tertiary/aromatic N) is 3. The molecule has 0 amide bonds. The summed E-state index contributed by atoms with van der Waals surface area (Å²) >= 11 is 0. The maximum atomic E-state index is 12.7. The van der Waals surface area contributed by atoms with Gasteiger partial charge in [-0.15, -0.1) is 0 Å². The Morgan fingerprint density at radius 1 is 1.28 bits per heavy atom. The molecule has 0 bridgehead atoms. The van der Waals surface area contributed by atoms with Crippen molar-refractivity contribution in [3.63, 3.8) is 0 Å². The van der Waals surface area contributed by atoms with E-state index in [1.807, 2.05) is 0 Å². The van der Waals surface area contributed by atoms with E-state index in [9.17, 15) is 26.1 Å². The second-order valence-corrected chi connectivity index (χ2v) is 6.42. The van der Waals surface area contributed by atoms with Crippen LogP contribution in [0.3, 0.4) is 0 Å². The van der Waals surface area contributed by atoms with Crippen LogP contribution in [0.25, 0.3) is 22.8 Å². The van der Waals surface area contributed by atoms with Crippen molar-refractivity contribution in [3.05, 3.63) is 35.7 Å². The van der Waals surface area contributed by atoms with E-state index in [1.165, 1.54) is 0 Å². The van der Waals surface area contributed by atoms with Gasteiger partial charge in [-0.25, -0.2) is 9.97 Å². The molecule has 25 heavy (non-hydrogen) atoms. The van der Waals surface area contributed by atoms with E-state index in [-0.39, 0.29) is 39.7 Å². The van der Waals surface area contributed by atoms with E-state index < -0.39 is 21.9 Å². The van der Waals surface area contributed by atoms with Crippen LogP contribution in [0.4, 0.5) is 13.2 Å². The maximum Gasteiger partial charge on any atom is 0.417 e. The van der Waals surface area contributed by atoms with Crippen LogP contribution in [0, 0.1) is 0 Å². The summed E-state index contributed by atoms with van der Waals surface area (Å²) in [5.74, 6) is -0.191. The zero-order valence-electron chi connectivity index (χ0n) is 12.6. The molecule has 0 aromatic carbocycles. The lowest BCUT2D eigenvalue weighted by molar-refractivity contribution is -0.137. The zero-order valence-corrected chi connectivity index (χ0v) is 13.4. The van der Waals surface area contributed by atoms with Gasteiger partial charge in [0.1, 0.15) is 16.1 Å². The van der Waals surface area contributed by atoms with Crippen LogP contribution < -0.4 is 0 Å². The van der Waals surface area contributed by atoms with Crippen LogP contribution in [-0.4, -0.2) is 27.9 Å². The monoisotopic (exact) mass is 373 g/mol. The normalized spacial score (nSPS) is 12.7. The van der Waals surface area contributed by atoms with Gasteiger partial charge in [-0.1, -0.05) is 6.92 Å². The highest BCUT2D eigenvalue weighted by molar-refractivity contribution is 7.85. The average molecular weight is 373 g/mol. The van der Waals surface area contributed by atoms with Gasteiger partial charge in [0.15, 0.2) is 0 Å². The Bertz CT molecular complexity index is 1060. The van der Waals surface area contributed by atoms with Gasteiger partial charge in [-0.3, -0.25) is 9.54 Å². The van der Waals surface area contributed by atoms with Crippen molar-refractivity contribution in [2.75, 3.05) is 0 Å². The summed E-state index contributed by atoms with van der Waals surface area (Å²) < 4.78 is 75.8. The minimum absolute atomic E-state index is 0.00387. The molecule has 0 saturated carbocycles. The third-order valence-corrected chi connectivity index (χ3v) is 4.36. The van der Waals surface area contributed by atoms with E-state index in [2.05, 4.69) is 15.0 Å². The van der Waals surface area contributed by atoms with Crippen molar-refractivity contribution in [2.45, 2.75) is 24.4 Å². The maximum absolute atomic E-state index is 12.7. The number of pyridine rings is 2. The molecule has 3 rings (SSSR count). The molecule has 0 fully saturated rings. The van der Waals surface area contributed by atoms with Crippen LogP contribution in [0.1, 0.15) is 18.1 Å². The van der Waals surface area contributed by atoms with Crippen molar-refractivity contribution in [2.24, 2.45) is 0 Å². The van der Waals surface area contributed by atoms with Crippen LogP contribution in [0.15, 0.2) is 33.8 Å². The highest BCUT2D eigenvalue weighted by Crippen LogP contribution is 2.32. The molecule has 0 aliphatic heterocycles. The first-order chi connectivity index (χ1) is 11.6. The summed E-state index contributed by atoms with van der Waals surface area (Å²) in [5, 5.41) is 0. The number of hydrogen-bond donors (Lipinski definition) is 1. The Kier molecular flexibility index (Phi) is 4.00. The molecule has 0 radical (unpaired) electrons. The van der Waals surface area contributed by atoms with Crippen LogP contribution in [0.5, 0.6) is 0 Å². The van der Waals surface area contributed by atoms with Gasteiger partial charge >= 0.3 is 6.18 Å². The van der Waals surface area contributed by atoms with Crippen molar-refractivity contribution in [3.8, 4) is 11.6 Å². The topological polar surface area (TPSA) is 106 Å². The second kappa shape index (κ2) is 5.77. The summed E-state index contributed by atoms with van der Waals surface area (Å²) in [6.45, 7) is 1.62. The van der Waals surface area contributed by atoms with Crippen molar-refractivity contribution in [1.29, 1.82) is 0 Å². The molecular formula is C14H10F3N3O4S. The molecule has 132 valence electrons. The highest BCUT2D eigenvalue weighted by atomic mass is 32.2. The number of halogens is 3. The smallest absolute Gasteiger partial charge is 0.416 e. The van der Waals surface area contributed by atoms with E-state index in [1.54, 1.807) is 6.92 Å². The number of rotatable bonds is 3. The van der Waals surface area contributed by atoms with Gasteiger partial charge in [0.25, 0.3) is 10.1 Å². The Labute approximate surface area is 139 Å². The molecule has 0 aliphatic carbocycles. The zero-order chi connectivity index (χ0) is 18.4. The summed E-state index contributed by atoms with van der Waals surface area (Å²) in [6.07, 6.45) is -2.68. The third-order valence-electron chi connectivity index (χ3n) is 3.42. The highest BCUT2D eigenvalue weighted by Gasteiger charge is 2.32. The Morgan fingerprint density at radius 3 is 2.60 bits per heavy atom. The van der Waals surface area contributed by atoms with E-state index in [0.717, 1.165) is 18.3 Å². The SMILES string of the molecule is CCc1c(S(=O)(=O)O)ccnc1-c1nc2cc(C(F)(F)F)cnc2o1. The van der Waals surface area contributed by atoms with Crippen LogP contribution in [-0.2, 0) is 22.7 Å². The first kappa shape index (κ1) is 17.3. The van der Waals surface area contributed by atoms with Crippen LogP contribution in [0.2, 0.25) is 0 Å². The molecular weight excluding hydrogens is 363 g/mol. The fraction of sp³-hybridized carbons (Fsp3) is 0.214. The molecule has 3 aromatic heterocycles. The summed E-state index contributed by atoms with van der Waals surface area (Å²) in [4.78, 5) is 11.1. The second-order valence-electron chi connectivity index (χ2n) is 5.03. The van der Waals surface area contributed by atoms with Gasteiger partial charge in [0.2, 0.25) is 11.6 Å². The first-order valence-electron chi connectivity index (χ1n) is 6.90. The largest absolute Gasteiger partial charge is 0.417 e. The lowest BCUT2D eigenvalue weighted by Gasteiger charge is -2.07. The standard InChI is InChI=1S/C14H10F3N3O4S/c1-2-8-10(25(21,22)23)3-4-18-11(8)13-20-9-5-7(14(15,16)17)6-19-12(9)24-13/h3-6H,2H2,1H3,(H,21,22,23). The molecule has 11 heteroatoms. The van der Waals surface area contributed by atoms with Gasteiger partial charge < -0.3 is 4.42 Å². The molecule has 0 aliphatic rings. The number of hydrogen-bond acceptors (Lipinski definition) is 6. The summed E-state index contributed by atoms with van der Waals surface area (Å²) in [6, 6.07) is 1.88. The fourth-order valence-corrected chi connectivity index (χ4v) is 3.11. The summed E-state index contributed by atoms with van der Waals surface area (Å²) in [7, 11) is -4.51. The van der Waals surface area contributed by atoms with Crippen LogP contribution >= 0.6 is 0 Å². The van der Waals surface area contributed by atoms with Gasteiger partial charge in [0.05, 0.1) is 5.56 Å². The number of oxazole rings is 1. The first-order valence-corrected chi connectivity index (χ1v) is 8.34. The minimum Gasteiger partial charge on any atom is -0.416 e. The quantitative estimate of drug-likeness (QED) is 0.703. The van der Waals surface area contributed by atoms with Crippen molar-refractivity contribution >= 4 is 21.3 Å². The lowest BCUT2D eigenvalue weighted by atomic mass is 10.1. The average Bonchev–Trinajstić information content (AvgIpc) is 2.95. The van der Waals surface area contributed by atoms with E-state index in [4.69, 9.17) is 4.42 Å². The Balaban J connectivity index is 2.20. The molecule has 7 nitrogen and oxygen atoms in total. The molecule has 3 heterocycles.